The van der Waals surface area contributed by atoms with Crippen LogP contribution in [0.4, 0.5) is 5.69 Å². The number of pyridine rings is 2. The predicted molar refractivity (Wildman–Crippen MR) is 178 cm³/mol. The Bertz CT molecular complexity index is 1660. The topological polar surface area (TPSA) is 128 Å². The average Bonchev–Trinajstić information content (AvgIpc) is 3.47. The number of benzene rings is 2. The van der Waals surface area contributed by atoms with E-state index in [0.717, 1.165) is 53.7 Å². The first-order chi connectivity index (χ1) is 21.9. The average molecular weight is 627 g/mol. The Morgan fingerprint density at radius 2 is 1.91 bits per heavy atom. The van der Waals surface area contributed by atoms with Gasteiger partial charge in [0.1, 0.15) is 5.69 Å². The van der Waals surface area contributed by atoms with E-state index in [1.807, 2.05) is 37.3 Å². The SMILES string of the molecule is CCc1cc(-c2nccc(-c3cccc(NC(=O)c4ccc(CNCCO)cn4)c3C)c2Cl)ccc1CNC[C@@H]1CCC(=O)N1. The number of amides is 2. The summed E-state index contributed by atoms with van der Waals surface area (Å²) >= 11 is 7.04. The first-order valence-corrected chi connectivity index (χ1v) is 15.7. The lowest BCUT2D eigenvalue weighted by Gasteiger charge is -2.16. The molecule has 9 nitrogen and oxygen atoms in total. The lowest BCUT2D eigenvalue weighted by atomic mass is 9.96. The maximum absolute atomic E-state index is 13.0. The number of nitrogens with one attached hydrogen (secondary N) is 4. The van der Waals surface area contributed by atoms with Crippen molar-refractivity contribution in [3.63, 3.8) is 0 Å². The number of rotatable bonds is 13. The van der Waals surface area contributed by atoms with E-state index >= 15 is 0 Å². The summed E-state index contributed by atoms with van der Waals surface area (Å²) in [4.78, 5) is 33.5. The number of nitrogens with zero attached hydrogens (tertiary/aromatic N) is 2. The highest BCUT2D eigenvalue weighted by Crippen LogP contribution is 2.38. The van der Waals surface area contributed by atoms with Crippen LogP contribution in [-0.4, -0.2) is 52.6 Å². The highest BCUT2D eigenvalue weighted by molar-refractivity contribution is 6.35. The molecule has 10 heteroatoms. The van der Waals surface area contributed by atoms with E-state index in [9.17, 15) is 9.59 Å². The van der Waals surface area contributed by atoms with Crippen LogP contribution in [0.5, 0.6) is 0 Å². The molecule has 5 N–H and O–H groups in total. The van der Waals surface area contributed by atoms with Crippen molar-refractivity contribution in [1.29, 1.82) is 0 Å². The van der Waals surface area contributed by atoms with E-state index in [4.69, 9.17) is 16.7 Å². The Hall–Kier alpha value is -4.15. The van der Waals surface area contributed by atoms with Gasteiger partial charge in [0.05, 0.1) is 17.3 Å². The third-order valence-corrected chi connectivity index (χ3v) is 8.47. The minimum Gasteiger partial charge on any atom is -0.395 e. The molecule has 1 atom stereocenters. The van der Waals surface area contributed by atoms with Crippen LogP contribution in [0, 0.1) is 6.92 Å². The molecular formula is C35H39ClN6O3. The van der Waals surface area contributed by atoms with Gasteiger partial charge in [-0.15, -0.1) is 0 Å². The first kappa shape index (κ1) is 32.2. The first-order valence-electron chi connectivity index (χ1n) is 15.3. The van der Waals surface area contributed by atoms with Gasteiger partial charge < -0.3 is 26.4 Å². The monoisotopic (exact) mass is 626 g/mol. The summed E-state index contributed by atoms with van der Waals surface area (Å²) in [6.45, 7) is 6.68. The second kappa shape index (κ2) is 15.2. The highest BCUT2D eigenvalue weighted by Gasteiger charge is 2.20. The molecule has 1 saturated heterocycles. The number of aliphatic hydroxyl groups excluding tert-OH is 1. The minimum atomic E-state index is -0.304. The maximum atomic E-state index is 13.0. The molecular weight excluding hydrogens is 588 g/mol. The molecule has 2 amide bonds. The van der Waals surface area contributed by atoms with Crippen molar-refractivity contribution in [3.05, 3.63) is 100.0 Å². The van der Waals surface area contributed by atoms with Crippen molar-refractivity contribution >= 4 is 29.1 Å². The normalized spacial score (nSPS) is 14.4. The number of carbonyl (C=O) groups is 2. The van der Waals surface area contributed by atoms with Crippen molar-refractivity contribution in [3.8, 4) is 22.4 Å². The molecule has 5 rings (SSSR count). The van der Waals surface area contributed by atoms with Gasteiger partial charge in [-0.25, -0.2) is 0 Å². The number of carbonyl (C=O) groups excluding carboxylic acids is 2. The molecule has 45 heavy (non-hydrogen) atoms. The zero-order valence-corrected chi connectivity index (χ0v) is 26.4. The number of hydrogen-bond acceptors (Lipinski definition) is 7. The van der Waals surface area contributed by atoms with Crippen LogP contribution in [0.15, 0.2) is 67.0 Å². The van der Waals surface area contributed by atoms with E-state index in [2.05, 4.69) is 56.4 Å². The van der Waals surface area contributed by atoms with E-state index in [-0.39, 0.29) is 24.5 Å². The third kappa shape index (κ3) is 7.93. The van der Waals surface area contributed by atoms with Crippen LogP contribution in [-0.2, 0) is 24.3 Å². The lowest BCUT2D eigenvalue weighted by Crippen LogP contribution is -2.35. The number of aliphatic hydroxyl groups is 1. The number of aryl methyl sites for hydroxylation is 1. The molecule has 1 aliphatic rings. The van der Waals surface area contributed by atoms with Gasteiger partial charge in [-0.3, -0.25) is 19.6 Å². The molecule has 234 valence electrons. The Kier molecular flexibility index (Phi) is 10.9. The van der Waals surface area contributed by atoms with Gasteiger partial charge in [0.2, 0.25) is 5.91 Å². The number of hydrogen-bond donors (Lipinski definition) is 5. The molecule has 4 aromatic rings. The van der Waals surface area contributed by atoms with Gasteiger partial charge in [0, 0.05) is 67.8 Å². The van der Waals surface area contributed by atoms with Crippen LogP contribution in [0.25, 0.3) is 22.4 Å². The third-order valence-electron chi connectivity index (χ3n) is 8.09. The van der Waals surface area contributed by atoms with Crippen molar-refractivity contribution in [2.75, 3.05) is 25.0 Å². The summed E-state index contributed by atoms with van der Waals surface area (Å²) in [5, 5.41) is 22.1. The van der Waals surface area contributed by atoms with Crippen LogP contribution in [0.2, 0.25) is 5.02 Å². The van der Waals surface area contributed by atoms with Crippen LogP contribution in [0.1, 0.15) is 52.5 Å². The second-order valence-electron chi connectivity index (χ2n) is 11.2. The van der Waals surface area contributed by atoms with E-state index < -0.39 is 0 Å². The molecule has 0 unspecified atom stereocenters. The lowest BCUT2D eigenvalue weighted by molar-refractivity contribution is -0.119. The van der Waals surface area contributed by atoms with Crippen LogP contribution >= 0.6 is 11.6 Å². The summed E-state index contributed by atoms with van der Waals surface area (Å²) < 4.78 is 0. The van der Waals surface area contributed by atoms with Gasteiger partial charge >= 0.3 is 0 Å². The Morgan fingerprint density at radius 1 is 1.04 bits per heavy atom. The Labute approximate surface area is 268 Å². The molecule has 0 spiro atoms. The molecule has 2 aromatic carbocycles. The van der Waals surface area contributed by atoms with E-state index in [0.29, 0.717) is 41.6 Å². The van der Waals surface area contributed by atoms with Gasteiger partial charge in [-0.2, -0.15) is 0 Å². The molecule has 1 fully saturated rings. The van der Waals surface area contributed by atoms with Crippen molar-refractivity contribution < 1.29 is 14.7 Å². The smallest absolute Gasteiger partial charge is 0.274 e. The number of halogens is 1. The zero-order valence-electron chi connectivity index (χ0n) is 25.6. The Morgan fingerprint density at radius 3 is 2.64 bits per heavy atom. The van der Waals surface area contributed by atoms with Crippen molar-refractivity contribution in [2.24, 2.45) is 0 Å². The maximum Gasteiger partial charge on any atom is 0.274 e. The fourth-order valence-corrected chi connectivity index (χ4v) is 5.89. The molecule has 0 radical (unpaired) electrons. The summed E-state index contributed by atoms with van der Waals surface area (Å²) in [7, 11) is 0. The predicted octanol–water partition coefficient (Wildman–Crippen LogP) is 5.04. The van der Waals surface area contributed by atoms with Crippen LogP contribution < -0.4 is 21.3 Å². The summed E-state index contributed by atoms with van der Waals surface area (Å²) in [5.41, 5.74) is 8.57. The van der Waals surface area contributed by atoms with Crippen LogP contribution in [0.3, 0.4) is 0 Å². The molecule has 2 aromatic heterocycles. The van der Waals surface area contributed by atoms with Gasteiger partial charge in [-0.05, 0) is 71.8 Å². The highest BCUT2D eigenvalue weighted by atomic mass is 35.5. The molecule has 0 aliphatic carbocycles. The number of aromatic nitrogens is 2. The fraction of sp³-hybridized carbons (Fsp3) is 0.314. The van der Waals surface area contributed by atoms with Crippen molar-refractivity contribution in [1.82, 2.24) is 25.9 Å². The molecule has 0 saturated carbocycles. The molecule has 1 aliphatic heterocycles. The molecule has 3 heterocycles. The summed E-state index contributed by atoms with van der Waals surface area (Å²) in [5.74, 6) is -0.178. The molecule has 0 bridgehead atoms. The quantitative estimate of drug-likeness (QED) is 0.132. The van der Waals surface area contributed by atoms with E-state index in [1.165, 1.54) is 11.1 Å². The number of anilines is 1. The second-order valence-corrected chi connectivity index (χ2v) is 11.6. The summed E-state index contributed by atoms with van der Waals surface area (Å²) in [6, 6.07) is 17.7. The van der Waals surface area contributed by atoms with Gasteiger partial charge in [-0.1, -0.05) is 48.9 Å². The van der Waals surface area contributed by atoms with Gasteiger partial charge in [0.15, 0.2) is 0 Å². The minimum absolute atomic E-state index is 0.0635. The standard InChI is InChI=1S/C35H39ClN6O3/c1-3-24-17-25(8-9-26(24)20-38-21-27-10-12-32(44)41-27)34-33(36)29(13-14-39-34)28-5-4-6-30(22(28)2)42-35(45)31-11-7-23(19-40-31)18-37-15-16-43/h4-9,11,13-14,17,19,27,37-38,43H,3,10,12,15-16,18,20-21H2,1-2H3,(H,41,44)(H,42,45)/t27-/m0/s1. The Balaban J connectivity index is 1.32. The zero-order chi connectivity index (χ0) is 31.8. The van der Waals surface area contributed by atoms with Gasteiger partial charge in [0.25, 0.3) is 5.91 Å². The summed E-state index contributed by atoms with van der Waals surface area (Å²) in [6.07, 6.45) is 5.76. The van der Waals surface area contributed by atoms with E-state index in [1.54, 1.807) is 18.5 Å². The van der Waals surface area contributed by atoms with Crippen molar-refractivity contribution in [2.45, 2.75) is 52.2 Å². The largest absolute Gasteiger partial charge is 0.395 e. The fourth-order valence-electron chi connectivity index (χ4n) is 5.56.